The van der Waals surface area contributed by atoms with Gasteiger partial charge in [0.05, 0.1) is 33.4 Å². The van der Waals surface area contributed by atoms with Crippen LogP contribution in [-0.4, -0.2) is 15.8 Å². The van der Waals surface area contributed by atoms with E-state index >= 15 is 0 Å². The first-order valence-corrected chi connectivity index (χ1v) is 44.2. The zero-order valence-corrected chi connectivity index (χ0v) is 71.1. The number of rotatable bonds is 15. The summed E-state index contributed by atoms with van der Waals surface area (Å²) >= 11 is 0. The Hall–Kier alpha value is -15.6. The van der Waals surface area contributed by atoms with Crippen LogP contribution in [0.3, 0.4) is 0 Å². The maximum absolute atomic E-state index is 2.75. The second kappa shape index (κ2) is 30.8. The molecule has 0 amide bonds. The lowest BCUT2D eigenvalue weighted by Crippen LogP contribution is -2.61. The predicted octanol–water partition coefficient (Wildman–Crippen LogP) is 31.1. The van der Waals surface area contributed by atoms with Crippen LogP contribution in [0.2, 0.25) is 0 Å². The number of aromatic nitrogens is 2. The van der Waals surface area contributed by atoms with Crippen LogP contribution in [0.1, 0.15) is 51.7 Å². The fraction of sp³-hybridized carbons (Fsp3) is 0.0579. The van der Waals surface area contributed by atoms with Crippen molar-refractivity contribution in [3.05, 3.63) is 454 Å². The van der Waals surface area contributed by atoms with E-state index in [2.05, 4.69) is 496 Å². The van der Waals surface area contributed by atoms with Crippen molar-refractivity contribution in [2.75, 3.05) is 9.80 Å². The highest BCUT2D eigenvalue weighted by Gasteiger charge is 2.46. The Morgan fingerprint density at radius 1 is 0.222 bits per heavy atom. The van der Waals surface area contributed by atoms with Gasteiger partial charge in [-0.1, -0.05) is 368 Å². The average Bonchev–Trinajstić information content (AvgIpc) is 0.860. The molecule has 5 heteroatoms. The fourth-order valence-electron chi connectivity index (χ4n) is 20.2. The highest BCUT2D eigenvalue weighted by Crippen LogP contribution is 2.56. The lowest BCUT2D eigenvalue weighted by atomic mass is 9.33. The van der Waals surface area contributed by atoms with Crippen molar-refractivity contribution in [3.8, 4) is 123 Å². The van der Waals surface area contributed by atoms with Crippen LogP contribution in [0.15, 0.2) is 443 Å². The van der Waals surface area contributed by atoms with Crippen LogP contribution >= 0.6 is 0 Å². The van der Waals surface area contributed by atoms with E-state index in [0.29, 0.717) is 0 Å². The molecule has 0 saturated heterocycles. The number of hydrogen-bond acceptors (Lipinski definition) is 2. The highest BCUT2D eigenvalue weighted by atomic mass is 15.2. The number of benzene rings is 19. The number of anilines is 6. The minimum Gasteiger partial charge on any atom is -0.310 e. The molecule has 2 aliphatic heterocycles. The minimum absolute atomic E-state index is 0.0674. The van der Waals surface area contributed by atoms with Gasteiger partial charge in [0.25, 0.3) is 6.71 Å². The molecule has 0 saturated carbocycles. The van der Waals surface area contributed by atoms with Crippen LogP contribution in [0.25, 0.3) is 166 Å². The van der Waals surface area contributed by atoms with Gasteiger partial charge in [-0.05, 0) is 237 Å². The van der Waals surface area contributed by atoms with Crippen molar-refractivity contribution in [1.82, 2.24) is 9.13 Å². The quantitative estimate of drug-likeness (QED) is 0.0951. The van der Waals surface area contributed by atoms with E-state index in [9.17, 15) is 0 Å². The van der Waals surface area contributed by atoms with Crippen molar-refractivity contribution in [1.29, 1.82) is 0 Å². The zero-order chi connectivity index (χ0) is 84.3. The molecule has 0 atom stereocenters. The maximum atomic E-state index is 2.75. The average molecular weight is 1610 g/mol. The van der Waals surface area contributed by atoms with Gasteiger partial charge in [0.2, 0.25) is 0 Å². The summed E-state index contributed by atoms with van der Waals surface area (Å²) in [6.45, 7) is 11.6. The van der Waals surface area contributed by atoms with E-state index in [1.165, 1.54) is 93.6 Å². The third-order valence-corrected chi connectivity index (χ3v) is 26.4. The first kappa shape index (κ1) is 75.4. The molecule has 19 aromatic carbocycles. The molecule has 0 radical (unpaired) electrons. The summed E-state index contributed by atoms with van der Waals surface area (Å²) in [6.07, 6.45) is 0. The standard InChI is InChI=1S/C121H89BN4/c1-79(2)96-73-116-118-117(74-96)126(120-104(85-43-22-11-23-44-85)75-97(121(3,4)5)76-105(120)95-52-31-50-91(70-95)89-48-29-46-87(68-89)81-35-14-7-15-36-81)115-78-99(124-111-58-27-25-54-103(111)107-72-93(60-66-113(107)124)83-39-18-9-19-40-83)62-64-109(115)122(118)108-63-61-98(123-110-57-26-24-53-102(110)106-71-92(59-65-112(106)123)82-37-16-8-17-38-82)77-114(108)125(116)119-100(84-41-20-10-21-42-84)55-32-56-101(119)94-51-30-49-90(69-94)88-47-28-45-86(67-88)80-33-12-6-13-34-80/h6-79H,1-5H3. The molecule has 23 rings (SSSR count). The Morgan fingerprint density at radius 3 is 0.929 bits per heavy atom. The van der Waals surface area contributed by atoms with E-state index < -0.39 is 0 Å². The summed E-state index contributed by atoms with van der Waals surface area (Å²) in [7, 11) is 0. The molecule has 21 aromatic rings. The van der Waals surface area contributed by atoms with Crippen molar-refractivity contribution >= 4 is 101 Å². The van der Waals surface area contributed by atoms with Gasteiger partial charge >= 0.3 is 0 Å². The van der Waals surface area contributed by atoms with Crippen LogP contribution in [0.5, 0.6) is 0 Å². The van der Waals surface area contributed by atoms with Gasteiger partial charge in [0.1, 0.15) is 0 Å². The topological polar surface area (TPSA) is 16.3 Å². The molecule has 2 aliphatic rings. The highest BCUT2D eigenvalue weighted by molar-refractivity contribution is 7.00. The third-order valence-electron chi connectivity index (χ3n) is 26.4. The van der Waals surface area contributed by atoms with Crippen molar-refractivity contribution in [2.24, 2.45) is 0 Å². The number of para-hydroxylation sites is 3. The smallest absolute Gasteiger partial charge is 0.252 e. The summed E-state index contributed by atoms with van der Waals surface area (Å²) in [5.74, 6) is 0.0674. The van der Waals surface area contributed by atoms with Crippen LogP contribution in [-0.2, 0) is 5.41 Å². The molecule has 0 bridgehead atoms. The van der Waals surface area contributed by atoms with Gasteiger partial charge in [-0.2, -0.15) is 0 Å². The summed E-state index contributed by atoms with van der Waals surface area (Å²) < 4.78 is 5.06. The Labute approximate surface area is 737 Å². The van der Waals surface area contributed by atoms with Gasteiger partial charge in [0.15, 0.2) is 0 Å². The Bertz CT molecular complexity index is 7830. The van der Waals surface area contributed by atoms with Crippen LogP contribution in [0, 0.1) is 0 Å². The minimum atomic E-state index is -0.305. The van der Waals surface area contributed by atoms with Crippen molar-refractivity contribution in [2.45, 2.75) is 46.0 Å². The predicted molar refractivity (Wildman–Crippen MR) is 536 cm³/mol. The molecule has 2 aromatic heterocycles. The molecule has 0 aliphatic carbocycles. The van der Waals surface area contributed by atoms with Gasteiger partial charge in [-0.3, -0.25) is 0 Å². The summed E-state index contributed by atoms with van der Waals surface area (Å²) in [5.41, 5.74) is 42.3. The monoisotopic (exact) mass is 1610 g/mol. The lowest BCUT2D eigenvalue weighted by molar-refractivity contribution is 0.591. The SMILES string of the molecule is CC(C)c1cc2c3c(c1)N(c1c(-c4ccccc4)cc(C(C)(C)C)cc1-c1cccc(-c4cccc(-c5ccccc5)c4)c1)c1cc(-n4c5ccccc5c5cc(-c6ccccc6)ccc54)ccc1B3c1ccc(-n3c4ccccc4c4cc(-c5ccccc5)ccc43)cc1N2c1c(-c2ccccc2)cccc1-c1cccc(-c2cccc(-c3ccccc3)c2)c1. The third kappa shape index (κ3) is 13.0. The Morgan fingerprint density at radius 2 is 0.524 bits per heavy atom. The molecular formula is C121H89BN4. The molecule has 4 heterocycles. The zero-order valence-electron chi connectivity index (χ0n) is 71.1. The van der Waals surface area contributed by atoms with Crippen LogP contribution < -0.4 is 26.2 Å². The van der Waals surface area contributed by atoms with E-state index in [1.54, 1.807) is 0 Å². The molecule has 0 fully saturated rings. The first-order chi connectivity index (χ1) is 62.0. The van der Waals surface area contributed by atoms with Gasteiger partial charge in [-0.25, -0.2) is 0 Å². The fourth-order valence-corrected chi connectivity index (χ4v) is 20.2. The molecule has 126 heavy (non-hydrogen) atoms. The van der Waals surface area contributed by atoms with E-state index in [4.69, 9.17) is 0 Å². The molecule has 0 unspecified atom stereocenters. The molecule has 596 valence electrons. The summed E-state index contributed by atoms with van der Waals surface area (Å²) in [4.78, 5) is 5.49. The van der Waals surface area contributed by atoms with Crippen LogP contribution in [0.4, 0.5) is 34.1 Å². The van der Waals surface area contributed by atoms with E-state index in [1.807, 2.05) is 0 Å². The summed E-state index contributed by atoms with van der Waals surface area (Å²) in [6, 6.07) is 167. The maximum Gasteiger partial charge on any atom is 0.252 e. The molecule has 0 spiro atoms. The van der Waals surface area contributed by atoms with Gasteiger partial charge in [-0.15, -0.1) is 0 Å². The van der Waals surface area contributed by atoms with E-state index in [-0.39, 0.29) is 18.0 Å². The van der Waals surface area contributed by atoms with Crippen molar-refractivity contribution < 1.29 is 0 Å². The van der Waals surface area contributed by atoms with Gasteiger partial charge in [0, 0.05) is 77.9 Å². The normalized spacial score (nSPS) is 12.3. The second-order valence-corrected chi connectivity index (χ2v) is 35.3. The largest absolute Gasteiger partial charge is 0.310 e. The Balaban J connectivity index is 0.846. The molecule has 4 nitrogen and oxygen atoms in total. The number of hydrogen-bond donors (Lipinski definition) is 0. The van der Waals surface area contributed by atoms with E-state index in [0.717, 1.165) is 134 Å². The van der Waals surface area contributed by atoms with Crippen molar-refractivity contribution in [3.63, 3.8) is 0 Å². The molecule has 0 N–H and O–H groups in total. The lowest BCUT2D eigenvalue weighted by Gasteiger charge is -2.46. The molecular weight excluding hydrogens is 1520 g/mol. The number of nitrogens with zero attached hydrogens (tertiary/aromatic N) is 4. The Kier molecular flexibility index (Phi) is 18.4. The van der Waals surface area contributed by atoms with Gasteiger partial charge < -0.3 is 18.9 Å². The summed E-state index contributed by atoms with van der Waals surface area (Å²) in [5, 5.41) is 4.81. The second-order valence-electron chi connectivity index (χ2n) is 35.3. The first-order valence-electron chi connectivity index (χ1n) is 44.2. The number of fused-ring (bicyclic) bond motifs is 10.